The standard InChI is InChI=1S/C12H14N2O3/c1-4-14-8(3)11-7(2)9(5-6-10(15)16)17-12(11)13-14/h5-6H,4H2,1-3H3,(H,15,16). The van der Waals surface area contributed by atoms with E-state index in [4.69, 9.17) is 9.52 Å². The molecule has 2 aromatic heterocycles. The van der Waals surface area contributed by atoms with Crippen molar-refractivity contribution in [2.45, 2.75) is 27.3 Å². The van der Waals surface area contributed by atoms with Gasteiger partial charge < -0.3 is 9.52 Å². The van der Waals surface area contributed by atoms with Crippen molar-refractivity contribution < 1.29 is 14.3 Å². The number of aliphatic carboxylic acids is 1. The Kier molecular flexibility index (Phi) is 2.75. The molecule has 1 N–H and O–H groups in total. The van der Waals surface area contributed by atoms with Gasteiger partial charge in [-0.15, -0.1) is 5.10 Å². The van der Waals surface area contributed by atoms with Crippen LogP contribution in [0.15, 0.2) is 10.5 Å². The lowest BCUT2D eigenvalue weighted by molar-refractivity contribution is -0.131. The van der Waals surface area contributed by atoms with Gasteiger partial charge in [-0.3, -0.25) is 4.68 Å². The number of rotatable bonds is 3. The number of carbonyl (C=O) groups is 1. The minimum atomic E-state index is -0.992. The highest BCUT2D eigenvalue weighted by Gasteiger charge is 2.16. The van der Waals surface area contributed by atoms with Crippen molar-refractivity contribution in [3.8, 4) is 0 Å². The molecule has 0 aliphatic rings. The van der Waals surface area contributed by atoms with Crippen LogP contribution in [0.2, 0.25) is 0 Å². The first kappa shape index (κ1) is 11.4. The van der Waals surface area contributed by atoms with Crippen molar-refractivity contribution in [2.24, 2.45) is 0 Å². The second-order valence-electron chi connectivity index (χ2n) is 3.84. The minimum Gasteiger partial charge on any atom is -0.478 e. The van der Waals surface area contributed by atoms with Gasteiger partial charge in [-0.05, 0) is 26.8 Å². The summed E-state index contributed by atoms with van der Waals surface area (Å²) in [6, 6.07) is 0. The van der Waals surface area contributed by atoms with Crippen LogP contribution in [0, 0.1) is 13.8 Å². The summed E-state index contributed by atoms with van der Waals surface area (Å²) in [5, 5.41) is 13.9. The van der Waals surface area contributed by atoms with Gasteiger partial charge in [-0.1, -0.05) is 0 Å². The summed E-state index contributed by atoms with van der Waals surface area (Å²) < 4.78 is 7.40. The highest BCUT2D eigenvalue weighted by Crippen LogP contribution is 2.28. The minimum absolute atomic E-state index is 0.552. The van der Waals surface area contributed by atoms with Crippen LogP contribution in [-0.4, -0.2) is 20.9 Å². The van der Waals surface area contributed by atoms with Gasteiger partial charge in [0, 0.05) is 23.9 Å². The van der Waals surface area contributed by atoms with Crippen LogP contribution < -0.4 is 0 Å². The van der Waals surface area contributed by atoms with Crippen LogP contribution in [-0.2, 0) is 11.3 Å². The first-order chi connectivity index (χ1) is 8.04. The molecule has 90 valence electrons. The number of carboxylic acids is 1. The Morgan fingerprint density at radius 1 is 1.53 bits per heavy atom. The van der Waals surface area contributed by atoms with E-state index in [2.05, 4.69) is 5.10 Å². The first-order valence-electron chi connectivity index (χ1n) is 5.42. The van der Waals surface area contributed by atoms with Gasteiger partial charge in [-0.25, -0.2) is 4.79 Å². The molecule has 0 aromatic carbocycles. The molecule has 2 heterocycles. The molecule has 0 spiro atoms. The molecule has 0 bridgehead atoms. The predicted molar refractivity (Wildman–Crippen MR) is 63.8 cm³/mol. The third kappa shape index (κ3) is 1.84. The van der Waals surface area contributed by atoms with Crippen LogP contribution in [0.3, 0.4) is 0 Å². The highest BCUT2D eigenvalue weighted by molar-refractivity contribution is 5.88. The van der Waals surface area contributed by atoms with Gasteiger partial charge in [0.05, 0.1) is 5.39 Å². The number of nitrogens with zero attached hydrogens (tertiary/aromatic N) is 2. The van der Waals surface area contributed by atoms with Crippen LogP contribution in [0.4, 0.5) is 0 Å². The van der Waals surface area contributed by atoms with Crippen molar-refractivity contribution in [2.75, 3.05) is 0 Å². The molecule has 17 heavy (non-hydrogen) atoms. The molecule has 0 aliphatic heterocycles. The maximum atomic E-state index is 10.5. The van der Waals surface area contributed by atoms with E-state index in [1.54, 1.807) is 0 Å². The zero-order chi connectivity index (χ0) is 12.6. The van der Waals surface area contributed by atoms with Crippen molar-refractivity contribution in [3.63, 3.8) is 0 Å². The summed E-state index contributed by atoms with van der Waals surface area (Å²) in [4.78, 5) is 10.5. The predicted octanol–water partition coefficient (Wildman–Crippen LogP) is 2.36. The fraction of sp³-hybridized carbons (Fsp3) is 0.333. The van der Waals surface area contributed by atoms with E-state index in [0.717, 1.165) is 29.3 Å². The molecule has 0 unspecified atom stereocenters. The summed E-state index contributed by atoms with van der Waals surface area (Å²) in [6.07, 6.45) is 2.52. The molecule has 0 fully saturated rings. The van der Waals surface area contributed by atoms with Crippen molar-refractivity contribution >= 4 is 23.1 Å². The number of carboxylic acid groups (broad SMARTS) is 1. The molecule has 0 atom stereocenters. The van der Waals surface area contributed by atoms with Gasteiger partial charge >= 0.3 is 5.97 Å². The zero-order valence-corrected chi connectivity index (χ0v) is 10.0. The summed E-state index contributed by atoms with van der Waals surface area (Å²) >= 11 is 0. The second kappa shape index (κ2) is 4.08. The average molecular weight is 234 g/mol. The molecule has 0 saturated heterocycles. The Morgan fingerprint density at radius 3 is 2.76 bits per heavy atom. The Balaban J connectivity index is 2.55. The van der Waals surface area contributed by atoms with Gasteiger partial charge in [-0.2, -0.15) is 0 Å². The quantitative estimate of drug-likeness (QED) is 0.828. The van der Waals surface area contributed by atoms with E-state index in [9.17, 15) is 4.79 Å². The third-order valence-corrected chi connectivity index (χ3v) is 2.80. The molecule has 5 heteroatoms. The lowest BCUT2D eigenvalue weighted by atomic mass is 10.2. The zero-order valence-electron chi connectivity index (χ0n) is 10.0. The van der Waals surface area contributed by atoms with Gasteiger partial charge in [0.15, 0.2) is 0 Å². The van der Waals surface area contributed by atoms with E-state index < -0.39 is 5.97 Å². The largest absolute Gasteiger partial charge is 0.478 e. The molecule has 0 radical (unpaired) electrons. The van der Waals surface area contributed by atoms with Crippen LogP contribution in [0.5, 0.6) is 0 Å². The lowest BCUT2D eigenvalue weighted by Crippen LogP contribution is -1.98. The van der Waals surface area contributed by atoms with Gasteiger partial charge in [0.1, 0.15) is 5.76 Å². The fourth-order valence-corrected chi connectivity index (χ4v) is 1.94. The summed E-state index contributed by atoms with van der Waals surface area (Å²) in [5.41, 5.74) is 2.53. The molecule has 0 aliphatic carbocycles. The normalized spacial score (nSPS) is 11.7. The Morgan fingerprint density at radius 2 is 2.24 bits per heavy atom. The average Bonchev–Trinajstić information content (AvgIpc) is 2.75. The number of hydrogen-bond acceptors (Lipinski definition) is 3. The Bertz CT molecular complexity index is 605. The van der Waals surface area contributed by atoms with E-state index in [-0.39, 0.29) is 0 Å². The first-order valence-corrected chi connectivity index (χ1v) is 5.42. The lowest BCUT2D eigenvalue weighted by Gasteiger charge is -1.98. The molecule has 0 saturated carbocycles. The van der Waals surface area contributed by atoms with Crippen LogP contribution >= 0.6 is 0 Å². The van der Waals surface area contributed by atoms with Gasteiger partial charge in [0.2, 0.25) is 5.71 Å². The van der Waals surface area contributed by atoms with E-state index in [1.165, 1.54) is 6.08 Å². The monoisotopic (exact) mass is 234 g/mol. The van der Waals surface area contributed by atoms with Crippen molar-refractivity contribution in [1.29, 1.82) is 0 Å². The number of furan rings is 1. The number of aryl methyl sites for hydroxylation is 3. The molecule has 2 rings (SSSR count). The maximum Gasteiger partial charge on any atom is 0.328 e. The van der Waals surface area contributed by atoms with E-state index in [1.807, 2.05) is 25.5 Å². The topological polar surface area (TPSA) is 68.3 Å². The molecular formula is C12H14N2O3. The van der Waals surface area contributed by atoms with Gasteiger partial charge in [0.25, 0.3) is 0 Å². The number of hydrogen-bond donors (Lipinski definition) is 1. The molecule has 2 aromatic rings. The van der Waals surface area contributed by atoms with E-state index >= 15 is 0 Å². The van der Waals surface area contributed by atoms with Crippen LogP contribution in [0.1, 0.15) is 23.9 Å². The van der Waals surface area contributed by atoms with E-state index in [0.29, 0.717) is 11.5 Å². The Hall–Kier alpha value is -2.04. The molecular weight excluding hydrogens is 220 g/mol. The molecule has 5 nitrogen and oxygen atoms in total. The Labute approximate surface area is 98.3 Å². The smallest absolute Gasteiger partial charge is 0.328 e. The van der Waals surface area contributed by atoms with Crippen molar-refractivity contribution in [3.05, 3.63) is 23.1 Å². The third-order valence-electron chi connectivity index (χ3n) is 2.80. The highest BCUT2D eigenvalue weighted by atomic mass is 16.4. The fourth-order valence-electron chi connectivity index (χ4n) is 1.94. The molecule has 0 amide bonds. The number of aromatic nitrogens is 2. The summed E-state index contributed by atoms with van der Waals surface area (Å²) in [6.45, 7) is 6.68. The van der Waals surface area contributed by atoms with Crippen LogP contribution in [0.25, 0.3) is 17.2 Å². The SMILES string of the molecule is CCn1nc2oc(C=CC(=O)O)c(C)c2c1C. The summed E-state index contributed by atoms with van der Waals surface area (Å²) in [7, 11) is 0. The van der Waals surface area contributed by atoms with Crippen molar-refractivity contribution in [1.82, 2.24) is 9.78 Å². The maximum absolute atomic E-state index is 10.5. The number of fused-ring (bicyclic) bond motifs is 1. The summed E-state index contributed by atoms with van der Waals surface area (Å²) in [5.74, 6) is -0.440. The second-order valence-corrected chi connectivity index (χ2v) is 3.84.